The summed E-state index contributed by atoms with van der Waals surface area (Å²) in [5.41, 5.74) is 1.07. The van der Waals surface area contributed by atoms with E-state index in [0.29, 0.717) is 0 Å². The van der Waals surface area contributed by atoms with Crippen LogP contribution in [0.2, 0.25) is 0 Å². The molecule has 2 aromatic heterocycles. The van der Waals surface area contributed by atoms with Crippen molar-refractivity contribution in [1.29, 1.82) is 0 Å². The highest BCUT2D eigenvalue weighted by Gasteiger charge is 2.09. The summed E-state index contributed by atoms with van der Waals surface area (Å²) in [6, 6.07) is 1.94. The Bertz CT molecular complexity index is 533. The Morgan fingerprint density at radius 2 is 2.16 bits per heavy atom. The van der Waals surface area contributed by atoms with Crippen LogP contribution in [0.25, 0.3) is 0 Å². The average Bonchev–Trinajstić information content (AvgIpc) is 2.83. The quantitative estimate of drug-likeness (QED) is 0.676. The summed E-state index contributed by atoms with van der Waals surface area (Å²) in [7, 11) is 3.88. The number of hydrogen-bond donors (Lipinski definition) is 1. The second-order valence-corrected chi connectivity index (χ2v) is 5.90. The van der Waals surface area contributed by atoms with Gasteiger partial charge in [-0.3, -0.25) is 0 Å². The lowest BCUT2D eigenvalue weighted by Crippen LogP contribution is -2.18. The van der Waals surface area contributed by atoms with Crippen LogP contribution in [0.15, 0.2) is 16.6 Å². The van der Waals surface area contributed by atoms with E-state index in [1.54, 1.807) is 11.3 Å². The summed E-state index contributed by atoms with van der Waals surface area (Å²) in [4.78, 5) is 15.4. The van der Waals surface area contributed by atoms with Crippen LogP contribution in [-0.2, 0) is 6.54 Å². The summed E-state index contributed by atoms with van der Waals surface area (Å²) in [6.45, 7) is 2.77. The van der Waals surface area contributed by atoms with Gasteiger partial charge in [0.1, 0.15) is 11.6 Å². The molecule has 0 aliphatic carbocycles. The molecular weight excluding hydrogens is 278 g/mol. The molecule has 0 amide bonds. The molecule has 102 valence electrons. The molecule has 0 saturated carbocycles. The molecule has 0 spiro atoms. The van der Waals surface area contributed by atoms with Crippen molar-refractivity contribution in [3.8, 4) is 0 Å². The highest BCUT2D eigenvalue weighted by atomic mass is 32.2. The molecule has 0 aromatic carbocycles. The zero-order valence-electron chi connectivity index (χ0n) is 11.5. The van der Waals surface area contributed by atoms with E-state index in [1.807, 2.05) is 33.3 Å². The first-order valence-electron chi connectivity index (χ1n) is 5.85. The van der Waals surface area contributed by atoms with Gasteiger partial charge in [-0.2, -0.15) is 0 Å². The van der Waals surface area contributed by atoms with E-state index in [-0.39, 0.29) is 0 Å². The Hall–Kier alpha value is -1.34. The van der Waals surface area contributed by atoms with Crippen molar-refractivity contribution >= 4 is 34.7 Å². The maximum absolute atomic E-state index is 4.52. The number of nitrogens with one attached hydrogen (secondary N) is 1. The Labute approximate surface area is 121 Å². The first-order chi connectivity index (χ1) is 9.12. The molecule has 0 aliphatic rings. The van der Waals surface area contributed by atoms with Crippen LogP contribution in [-0.4, -0.2) is 35.3 Å². The lowest BCUT2D eigenvalue weighted by molar-refractivity contribution is 0.841. The number of anilines is 2. The van der Waals surface area contributed by atoms with Gasteiger partial charge in [0.25, 0.3) is 0 Å². The smallest absolute Gasteiger partial charge is 0.191 e. The fourth-order valence-electron chi connectivity index (χ4n) is 1.63. The minimum Gasteiger partial charge on any atom is -0.373 e. The van der Waals surface area contributed by atoms with Crippen LogP contribution in [0.1, 0.15) is 10.7 Å². The first-order valence-corrected chi connectivity index (χ1v) is 7.95. The Kier molecular flexibility index (Phi) is 4.60. The minimum atomic E-state index is 0.748. The van der Waals surface area contributed by atoms with E-state index in [0.717, 1.165) is 34.0 Å². The third-order valence-corrected chi connectivity index (χ3v) is 3.96. The van der Waals surface area contributed by atoms with E-state index in [4.69, 9.17) is 0 Å². The van der Waals surface area contributed by atoms with Gasteiger partial charge in [-0.15, -0.1) is 11.3 Å². The topological polar surface area (TPSA) is 53.9 Å². The zero-order valence-corrected chi connectivity index (χ0v) is 13.1. The largest absolute Gasteiger partial charge is 0.373 e. The van der Waals surface area contributed by atoms with Crippen molar-refractivity contribution in [2.75, 3.05) is 30.6 Å². The Morgan fingerprint density at radius 3 is 2.74 bits per heavy atom. The van der Waals surface area contributed by atoms with Crippen molar-refractivity contribution in [2.24, 2.45) is 0 Å². The fraction of sp³-hybridized carbons (Fsp3) is 0.417. The van der Waals surface area contributed by atoms with Gasteiger partial charge >= 0.3 is 0 Å². The molecule has 0 radical (unpaired) electrons. The van der Waals surface area contributed by atoms with Crippen molar-refractivity contribution in [3.63, 3.8) is 0 Å². The second-order valence-electron chi connectivity index (χ2n) is 4.06. The lowest BCUT2D eigenvalue weighted by atomic mass is 10.4. The highest BCUT2D eigenvalue weighted by molar-refractivity contribution is 7.98. The van der Waals surface area contributed by atoms with E-state index in [9.17, 15) is 0 Å². The fourth-order valence-corrected chi connectivity index (χ4v) is 2.61. The molecule has 2 rings (SSSR count). The standard InChI is InChI=1S/C12H17N5S2/c1-8-14-9(7-19-8)6-17(3)11-5-10(13-2)15-12(16-11)18-4/h5,7H,6H2,1-4H3,(H,13,15,16). The third kappa shape index (κ3) is 3.57. The van der Waals surface area contributed by atoms with Crippen molar-refractivity contribution in [3.05, 3.63) is 22.1 Å². The molecule has 5 nitrogen and oxygen atoms in total. The predicted octanol–water partition coefficient (Wildman–Crippen LogP) is 2.64. The number of aromatic nitrogens is 3. The van der Waals surface area contributed by atoms with Crippen LogP contribution in [0.3, 0.4) is 0 Å². The SMILES string of the molecule is CNc1cc(N(C)Cc2csc(C)n2)nc(SC)n1. The number of thiazole rings is 1. The normalized spacial score (nSPS) is 10.5. The van der Waals surface area contributed by atoms with E-state index >= 15 is 0 Å². The molecule has 0 fully saturated rings. The molecule has 1 N–H and O–H groups in total. The van der Waals surface area contributed by atoms with Crippen molar-refractivity contribution in [1.82, 2.24) is 15.0 Å². The molecule has 2 aromatic rings. The molecular formula is C12H17N5S2. The highest BCUT2D eigenvalue weighted by Crippen LogP contribution is 2.21. The summed E-state index contributed by atoms with van der Waals surface area (Å²) in [5.74, 6) is 1.73. The van der Waals surface area contributed by atoms with Gasteiger partial charge in [0, 0.05) is 25.5 Å². The van der Waals surface area contributed by atoms with Gasteiger partial charge in [0.2, 0.25) is 0 Å². The molecule has 0 atom stereocenters. The monoisotopic (exact) mass is 295 g/mol. The van der Waals surface area contributed by atoms with Crippen LogP contribution in [0.5, 0.6) is 0 Å². The number of nitrogens with zero attached hydrogens (tertiary/aromatic N) is 4. The third-order valence-electron chi connectivity index (χ3n) is 2.59. The molecule has 7 heteroatoms. The maximum atomic E-state index is 4.52. The molecule has 0 bridgehead atoms. The van der Waals surface area contributed by atoms with Crippen LogP contribution in [0.4, 0.5) is 11.6 Å². The van der Waals surface area contributed by atoms with Crippen molar-refractivity contribution < 1.29 is 0 Å². The summed E-state index contributed by atoms with van der Waals surface area (Å²) >= 11 is 3.21. The number of thioether (sulfide) groups is 1. The van der Waals surface area contributed by atoms with Crippen molar-refractivity contribution in [2.45, 2.75) is 18.6 Å². The lowest BCUT2D eigenvalue weighted by Gasteiger charge is -2.18. The second kappa shape index (κ2) is 6.21. The van der Waals surface area contributed by atoms with Crippen LogP contribution >= 0.6 is 23.1 Å². The molecule has 0 unspecified atom stereocenters. The number of rotatable bonds is 5. The van der Waals surface area contributed by atoms with E-state index in [1.165, 1.54) is 11.8 Å². The summed E-state index contributed by atoms with van der Waals surface area (Å²) in [6.07, 6.45) is 1.97. The molecule has 0 saturated heterocycles. The maximum Gasteiger partial charge on any atom is 0.191 e. The molecule has 0 aliphatic heterocycles. The van der Waals surface area contributed by atoms with E-state index in [2.05, 4.69) is 30.5 Å². The van der Waals surface area contributed by atoms with Gasteiger partial charge in [-0.05, 0) is 13.2 Å². The van der Waals surface area contributed by atoms with Crippen LogP contribution < -0.4 is 10.2 Å². The summed E-state index contributed by atoms with van der Waals surface area (Å²) < 4.78 is 0. The molecule has 19 heavy (non-hydrogen) atoms. The van der Waals surface area contributed by atoms with Gasteiger partial charge in [0.05, 0.1) is 17.2 Å². The minimum absolute atomic E-state index is 0.748. The van der Waals surface area contributed by atoms with Gasteiger partial charge in [-0.1, -0.05) is 11.8 Å². The Morgan fingerprint density at radius 1 is 1.37 bits per heavy atom. The molecule has 2 heterocycles. The zero-order chi connectivity index (χ0) is 13.8. The number of aryl methyl sites for hydroxylation is 1. The number of hydrogen-bond acceptors (Lipinski definition) is 7. The Balaban J connectivity index is 2.20. The average molecular weight is 295 g/mol. The van der Waals surface area contributed by atoms with Gasteiger partial charge < -0.3 is 10.2 Å². The van der Waals surface area contributed by atoms with Crippen LogP contribution in [0, 0.1) is 6.92 Å². The van der Waals surface area contributed by atoms with Gasteiger partial charge in [0.15, 0.2) is 5.16 Å². The summed E-state index contributed by atoms with van der Waals surface area (Å²) in [5, 5.41) is 7.00. The first kappa shape index (κ1) is 14.1. The van der Waals surface area contributed by atoms with Gasteiger partial charge in [-0.25, -0.2) is 15.0 Å². The van der Waals surface area contributed by atoms with E-state index < -0.39 is 0 Å². The predicted molar refractivity (Wildman–Crippen MR) is 82.3 cm³/mol.